The molecule has 0 aromatic carbocycles. The number of nitrogens with two attached hydrogens (primary N) is 1. The van der Waals surface area contributed by atoms with E-state index in [1.165, 1.54) is 0 Å². The number of nitrogen functional groups attached to an aromatic ring is 1. The first-order valence-corrected chi connectivity index (χ1v) is 5.74. The average molecular weight is 246 g/mol. The van der Waals surface area contributed by atoms with Crippen molar-refractivity contribution in [2.45, 2.75) is 25.3 Å². The molecule has 0 bridgehead atoms. The molecule has 1 amide bonds. The molecular weight excluding hydrogens is 232 g/mol. The quantitative estimate of drug-likeness (QED) is 0.570. The van der Waals surface area contributed by atoms with Crippen molar-refractivity contribution < 1.29 is 4.79 Å². The Bertz CT molecular complexity index is 461. The molecule has 1 aliphatic rings. The van der Waals surface area contributed by atoms with E-state index in [1.807, 2.05) is 6.07 Å². The molecule has 1 saturated carbocycles. The van der Waals surface area contributed by atoms with Gasteiger partial charge in [-0.2, -0.15) is 5.26 Å². The molecule has 1 heterocycles. The monoisotopic (exact) mass is 246 g/mol. The van der Waals surface area contributed by atoms with Crippen LogP contribution >= 0.6 is 0 Å². The van der Waals surface area contributed by atoms with Crippen LogP contribution in [-0.2, 0) is 0 Å². The Kier molecular flexibility index (Phi) is 3.69. The van der Waals surface area contributed by atoms with E-state index in [9.17, 15) is 4.79 Å². The zero-order valence-corrected chi connectivity index (χ0v) is 9.83. The maximum absolute atomic E-state index is 12.2. The molecule has 0 spiro atoms. The molecule has 2 rings (SSSR count). The topological polar surface area (TPSA) is 108 Å². The van der Waals surface area contributed by atoms with Gasteiger partial charge in [-0.1, -0.05) is 0 Å². The number of nitrogens with zero attached hydrogens (tertiary/aromatic N) is 4. The third-order valence-corrected chi connectivity index (χ3v) is 2.74. The Balaban J connectivity index is 2.09. The van der Waals surface area contributed by atoms with E-state index in [0.717, 1.165) is 12.8 Å². The molecule has 0 radical (unpaired) electrons. The molecule has 3 N–H and O–H groups in total. The summed E-state index contributed by atoms with van der Waals surface area (Å²) in [5, 5.41) is 16.2. The van der Waals surface area contributed by atoms with Gasteiger partial charge in [-0.25, -0.2) is 5.84 Å². The zero-order chi connectivity index (χ0) is 13.0. The first-order valence-electron chi connectivity index (χ1n) is 5.74. The first kappa shape index (κ1) is 12.3. The molecule has 0 saturated heterocycles. The van der Waals surface area contributed by atoms with Crippen molar-refractivity contribution in [3.8, 4) is 6.07 Å². The van der Waals surface area contributed by atoms with Crippen molar-refractivity contribution in [2.24, 2.45) is 5.84 Å². The van der Waals surface area contributed by atoms with Gasteiger partial charge >= 0.3 is 0 Å². The highest BCUT2D eigenvalue weighted by atomic mass is 16.2. The Morgan fingerprint density at radius 1 is 1.56 bits per heavy atom. The smallest absolute Gasteiger partial charge is 0.274 e. The van der Waals surface area contributed by atoms with Crippen LogP contribution in [0.25, 0.3) is 0 Å². The predicted molar refractivity (Wildman–Crippen MR) is 64.1 cm³/mol. The summed E-state index contributed by atoms with van der Waals surface area (Å²) in [5.74, 6) is 5.40. The normalized spacial score (nSPS) is 13.8. The van der Waals surface area contributed by atoms with E-state index in [-0.39, 0.29) is 17.6 Å². The lowest BCUT2D eigenvalue weighted by atomic mass is 10.3. The van der Waals surface area contributed by atoms with Crippen LogP contribution in [0.3, 0.4) is 0 Å². The summed E-state index contributed by atoms with van der Waals surface area (Å²) in [6.07, 6.45) is 2.32. The highest BCUT2D eigenvalue weighted by molar-refractivity contribution is 5.92. The van der Waals surface area contributed by atoms with Gasteiger partial charge in [0, 0.05) is 12.6 Å². The van der Waals surface area contributed by atoms with E-state index in [1.54, 1.807) is 17.0 Å². The SMILES string of the molecule is N#CCCN(C(=O)c1ccc(NN)nn1)C1CC1. The summed E-state index contributed by atoms with van der Waals surface area (Å²) >= 11 is 0. The maximum atomic E-state index is 12.2. The molecule has 0 atom stereocenters. The number of rotatable bonds is 5. The lowest BCUT2D eigenvalue weighted by Crippen LogP contribution is -2.34. The molecular formula is C11H14N6O. The molecule has 1 aromatic rings. The third-order valence-electron chi connectivity index (χ3n) is 2.74. The fraction of sp³-hybridized carbons (Fsp3) is 0.455. The minimum absolute atomic E-state index is 0.177. The number of carbonyl (C=O) groups excluding carboxylic acids is 1. The number of hydrazine groups is 1. The summed E-state index contributed by atoms with van der Waals surface area (Å²) in [6, 6.07) is 5.47. The Hall–Kier alpha value is -2.20. The third kappa shape index (κ3) is 2.73. The number of hydrogen-bond acceptors (Lipinski definition) is 6. The average Bonchev–Trinajstić information content (AvgIpc) is 3.24. The van der Waals surface area contributed by atoms with E-state index in [2.05, 4.69) is 15.6 Å². The summed E-state index contributed by atoms with van der Waals surface area (Å²) in [7, 11) is 0. The maximum Gasteiger partial charge on any atom is 0.274 e. The molecule has 0 aliphatic heterocycles. The fourth-order valence-electron chi connectivity index (χ4n) is 1.68. The molecule has 1 fully saturated rings. The van der Waals surface area contributed by atoms with Gasteiger partial charge in [0.25, 0.3) is 5.91 Å². The van der Waals surface area contributed by atoms with Crippen LogP contribution in [0, 0.1) is 11.3 Å². The van der Waals surface area contributed by atoms with E-state index in [0.29, 0.717) is 18.8 Å². The summed E-state index contributed by atoms with van der Waals surface area (Å²) in [4.78, 5) is 13.9. The first-order chi connectivity index (χ1) is 8.76. The minimum atomic E-state index is -0.177. The molecule has 1 aliphatic carbocycles. The van der Waals surface area contributed by atoms with Gasteiger partial charge in [0.2, 0.25) is 0 Å². The molecule has 7 heteroatoms. The van der Waals surface area contributed by atoms with Gasteiger partial charge in [0.1, 0.15) is 0 Å². The zero-order valence-electron chi connectivity index (χ0n) is 9.83. The van der Waals surface area contributed by atoms with Gasteiger partial charge < -0.3 is 10.3 Å². The fourth-order valence-corrected chi connectivity index (χ4v) is 1.68. The van der Waals surface area contributed by atoms with Gasteiger partial charge in [-0.05, 0) is 25.0 Å². The lowest BCUT2D eigenvalue weighted by molar-refractivity contribution is 0.0739. The second-order valence-corrected chi connectivity index (χ2v) is 4.09. The predicted octanol–water partition coefficient (Wildman–Crippen LogP) is 0.280. The summed E-state index contributed by atoms with van der Waals surface area (Å²) in [5.41, 5.74) is 2.63. The second-order valence-electron chi connectivity index (χ2n) is 4.09. The van der Waals surface area contributed by atoms with Gasteiger partial charge in [-0.15, -0.1) is 10.2 Å². The van der Waals surface area contributed by atoms with Crippen molar-refractivity contribution in [3.63, 3.8) is 0 Å². The summed E-state index contributed by atoms with van der Waals surface area (Å²) in [6.45, 7) is 0.443. The van der Waals surface area contributed by atoms with Crippen LogP contribution in [0.2, 0.25) is 0 Å². The van der Waals surface area contributed by atoms with Crippen molar-refractivity contribution in [1.29, 1.82) is 5.26 Å². The molecule has 7 nitrogen and oxygen atoms in total. The Morgan fingerprint density at radius 2 is 2.33 bits per heavy atom. The molecule has 94 valence electrons. The van der Waals surface area contributed by atoms with Crippen LogP contribution in [0.5, 0.6) is 0 Å². The van der Waals surface area contributed by atoms with Crippen LogP contribution in [0.1, 0.15) is 29.8 Å². The number of nitriles is 1. The lowest BCUT2D eigenvalue weighted by Gasteiger charge is -2.20. The number of hydrogen-bond donors (Lipinski definition) is 2. The summed E-state index contributed by atoms with van der Waals surface area (Å²) < 4.78 is 0. The Labute approximate surface area is 105 Å². The van der Waals surface area contributed by atoms with Crippen molar-refractivity contribution in [3.05, 3.63) is 17.8 Å². The van der Waals surface area contributed by atoms with Crippen LogP contribution < -0.4 is 11.3 Å². The van der Waals surface area contributed by atoms with Gasteiger partial charge in [-0.3, -0.25) is 4.79 Å². The van der Waals surface area contributed by atoms with Crippen molar-refractivity contribution in [2.75, 3.05) is 12.0 Å². The number of anilines is 1. The molecule has 0 unspecified atom stereocenters. The molecule has 18 heavy (non-hydrogen) atoms. The Morgan fingerprint density at radius 3 is 2.83 bits per heavy atom. The second kappa shape index (κ2) is 5.42. The van der Waals surface area contributed by atoms with Gasteiger partial charge in [0.15, 0.2) is 11.5 Å². The van der Waals surface area contributed by atoms with Crippen molar-refractivity contribution >= 4 is 11.7 Å². The standard InChI is InChI=1S/C11H14N6O/c12-6-1-7-17(8-2-3-8)11(18)9-4-5-10(14-13)16-15-9/h4-5,8H,1-3,7,13H2,(H,14,16). The largest absolute Gasteiger partial charge is 0.333 e. The molecule has 1 aromatic heterocycles. The van der Waals surface area contributed by atoms with Crippen molar-refractivity contribution in [1.82, 2.24) is 15.1 Å². The number of amides is 1. The minimum Gasteiger partial charge on any atom is -0.333 e. The van der Waals surface area contributed by atoms with Crippen LogP contribution in [0.15, 0.2) is 12.1 Å². The number of carbonyl (C=O) groups is 1. The van der Waals surface area contributed by atoms with E-state index < -0.39 is 0 Å². The number of aromatic nitrogens is 2. The highest BCUT2D eigenvalue weighted by Crippen LogP contribution is 2.28. The van der Waals surface area contributed by atoms with Crippen LogP contribution in [-0.4, -0.2) is 33.6 Å². The van der Waals surface area contributed by atoms with E-state index in [4.69, 9.17) is 11.1 Å². The van der Waals surface area contributed by atoms with E-state index >= 15 is 0 Å². The van der Waals surface area contributed by atoms with Gasteiger partial charge in [0.05, 0.1) is 12.5 Å². The van der Waals surface area contributed by atoms with Crippen LogP contribution in [0.4, 0.5) is 5.82 Å². The highest BCUT2D eigenvalue weighted by Gasteiger charge is 2.33. The number of nitrogens with one attached hydrogen (secondary N) is 1.